The molecule has 0 bridgehead atoms. The number of hydrogen-bond acceptors (Lipinski definition) is 1. The molecule has 2 atom stereocenters. The Bertz CT molecular complexity index is 253. The molecule has 0 saturated carbocycles. The molecule has 0 amide bonds. The molecule has 0 fully saturated rings. The maximum absolute atomic E-state index is 9.76. The van der Waals surface area contributed by atoms with Crippen molar-refractivity contribution in [1.82, 2.24) is 0 Å². The molecule has 1 N–H and O–H groups in total. The quantitative estimate of drug-likeness (QED) is 0.776. The Kier molecular flexibility index (Phi) is 4.15. The van der Waals surface area contributed by atoms with Crippen LogP contribution in [0.5, 0.6) is 0 Å². The van der Waals surface area contributed by atoms with Crippen LogP contribution in [-0.4, -0.2) is 11.2 Å². The van der Waals surface area contributed by atoms with Crippen molar-refractivity contribution in [3.8, 4) is 0 Å². The van der Waals surface area contributed by atoms with E-state index in [4.69, 9.17) is 0 Å². The average Bonchev–Trinajstić information content (AvgIpc) is 2.19. The van der Waals surface area contributed by atoms with Crippen LogP contribution < -0.4 is 0 Å². The fourth-order valence-electron chi connectivity index (χ4n) is 1.55. The van der Waals surface area contributed by atoms with Gasteiger partial charge in [0.2, 0.25) is 0 Å². The molecule has 0 aliphatic carbocycles. The molecule has 1 aromatic rings. The molecular weight excluding hydrogens is 172 g/mol. The SMILES string of the molecule is CC(C)[C@@H](O)C[C@H](C)c1ccccc1. The fourth-order valence-corrected chi connectivity index (χ4v) is 1.55. The lowest BCUT2D eigenvalue weighted by Crippen LogP contribution is -2.17. The van der Waals surface area contributed by atoms with E-state index < -0.39 is 0 Å². The first-order valence-electron chi connectivity index (χ1n) is 5.34. The third kappa shape index (κ3) is 3.15. The van der Waals surface area contributed by atoms with Crippen molar-refractivity contribution in [2.24, 2.45) is 5.92 Å². The van der Waals surface area contributed by atoms with E-state index in [1.165, 1.54) is 5.56 Å². The van der Waals surface area contributed by atoms with E-state index in [0.29, 0.717) is 11.8 Å². The summed E-state index contributed by atoms with van der Waals surface area (Å²) in [7, 11) is 0. The van der Waals surface area contributed by atoms with Crippen LogP contribution in [0.25, 0.3) is 0 Å². The van der Waals surface area contributed by atoms with Crippen molar-refractivity contribution in [2.45, 2.75) is 39.2 Å². The largest absolute Gasteiger partial charge is 0.393 e. The molecule has 0 heterocycles. The third-order valence-electron chi connectivity index (χ3n) is 2.73. The summed E-state index contributed by atoms with van der Waals surface area (Å²) in [5, 5.41) is 9.76. The predicted molar refractivity (Wildman–Crippen MR) is 60.3 cm³/mol. The third-order valence-corrected chi connectivity index (χ3v) is 2.73. The van der Waals surface area contributed by atoms with E-state index in [0.717, 1.165) is 6.42 Å². The van der Waals surface area contributed by atoms with Crippen LogP contribution in [-0.2, 0) is 0 Å². The van der Waals surface area contributed by atoms with Crippen molar-refractivity contribution in [2.75, 3.05) is 0 Å². The molecule has 1 nitrogen and oxygen atoms in total. The summed E-state index contributed by atoms with van der Waals surface area (Å²) in [5.41, 5.74) is 1.31. The Balaban J connectivity index is 2.55. The van der Waals surface area contributed by atoms with Gasteiger partial charge in [-0.25, -0.2) is 0 Å². The Morgan fingerprint density at radius 1 is 1.07 bits per heavy atom. The van der Waals surface area contributed by atoms with Crippen LogP contribution in [0.1, 0.15) is 38.7 Å². The van der Waals surface area contributed by atoms with Gasteiger partial charge in [0.1, 0.15) is 0 Å². The van der Waals surface area contributed by atoms with Gasteiger partial charge in [0.25, 0.3) is 0 Å². The van der Waals surface area contributed by atoms with Gasteiger partial charge in [-0.3, -0.25) is 0 Å². The summed E-state index contributed by atoms with van der Waals surface area (Å²) in [5.74, 6) is 0.787. The van der Waals surface area contributed by atoms with Crippen molar-refractivity contribution in [3.05, 3.63) is 35.9 Å². The molecular formula is C13H20O. The van der Waals surface area contributed by atoms with Gasteiger partial charge in [0.05, 0.1) is 6.10 Å². The first kappa shape index (κ1) is 11.3. The van der Waals surface area contributed by atoms with Gasteiger partial charge in [-0.2, -0.15) is 0 Å². The minimum absolute atomic E-state index is 0.190. The van der Waals surface area contributed by atoms with E-state index in [-0.39, 0.29) is 6.10 Å². The van der Waals surface area contributed by atoms with Crippen molar-refractivity contribution in [1.29, 1.82) is 0 Å². The van der Waals surface area contributed by atoms with Crippen LogP contribution in [0.2, 0.25) is 0 Å². The van der Waals surface area contributed by atoms with Gasteiger partial charge in [0.15, 0.2) is 0 Å². The highest BCUT2D eigenvalue weighted by molar-refractivity contribution is 5.18. The highest BCUT2D eigenvalue weighted by Crippen LogP contribution is 2.22. The molecule has 0 aliphatic heterocycles. The van der Waals surface area contributed by atoms with Crippen molar-refractivity contribution >= 4 is 0 Å². The van der Waals surface area contributed by atoms with Gasteiger partial charge >= 0.3 is 0 Å². The Morgan fingerprint density at radius 2 is 1.64 bits per heavy atom. The molecule has 0 unspecified atom stereocenters. The topological polar surface area (TPSA) is 20.2 Å². The van der Waals surface area contributed by atoms with Crippen molar-refractivity contribution in [3.63, 3.8) is 0 Å². The summed E-state index contributed by atoms with van der Waals surface area (Å²) in [6.07, 6.45) is 0.659. The molecule has 0 aromatic heterocycles. The molecule has 0 radical (unpaired) electrons. The van der Waals surface area contributed by atoms with E-state index in [1.807, 2.05) is 18.2 Å². The number of rotatable bonds is 4. The summed E-state index contributed by atoms with van der Waals surface area (Å²) in [4.78, 5) is 0. The number of benzene rings is 1. The predicted octanol–water partition coefficient (Wildman–Crippen LogP) is 3.20. The van der Waals surface area contributed by atoms with Crippen LogP contribution in [0.15, 0.2) is 30.3 Å². The second kappa shape index (κ2) is 5.16. The summed E-state index contributed by atoms with van der Waals surface area (Å²) in [6, 6.07) is 10.4. The van der Waals surface area contributed by atoms with Gasteiger partial charge in [-0.15, -0.1) is 0 Å². The van der Waals surface area contributed by atoms with Crippen molar-refractivity contribution < 1.29 is 5.11 Å². The zero-order chi connectivity index (χ0) is 10.6. The summed E-state index contributed by atoms with van der Waals surface area (Å²) >= 11 is 0. The van der Waals surface area contributed by atoms with E-state index in [1.54, 1.807) is 0 Å². The highest BCUT2D eigenvalue weighted by atomic mass is 16.3. The van der Waals surface area contributed by atoms with Crippen LogP contribution in [0.3, 0.4) is 0 Å². The molecule has 78 valence electrons. The molecule has 1 aromatic carbocycles. The molecule has 1 rings (SSSR count). The zero-order valence-electron chi connectivity index (χ0n) is 9.27. The van der Waals surface area contributed by atoms with E-state index in [9.17, 15) is 5.11 Å². The highest BCUT2D eigenvalue weighted by Gasteiger charge is 2.14. The second-order valence-corrected chi connectivity index (χ2v) is 4.36. The monoisotopic (exact) mass is 192 g/mol. The first-order valence-corrected chi connectivity index (χ1v) is 5.34. The lowest BCUT2D eigenvalue weighted by Gasteiger charge is -2.19. The van der Waals surface area contributed by atoms with E-state index in [2.05, 4.69) is 32.9 Å². The Labute approximate surface area is 86.8 Å². The lowest BCUT2D eigenvalue weighted by molar-refractivity contribution is 0.110. The minimum Gasteiger partial charge on any atom is -0.393 e. The zero-order valence-corrected chi connectivity index (χ0v) is 9.27. The second-order valence-electron chi connectivity index (χ2n) is 4.36. The maximum Gasteiger partial charge on any atom is 0.0568 e. The maximum atomic E-state index is 9.76. The lowest BCUT2D eigenvalue weighted by atomic mass is 9.91. The summed E-state index contributed by atoms with van der Waals surface area (Å²) in [6.45, 7) is 6.28. The van der Waals surface area contributed by atoms with Gasteiger partial charge in [-0.1, -0.05) is 51.1 Å². The van der Waals surface area contributed by atoms with Crippen LogP contribution in [0.4, 0.5) is 0 Å². The number of aliphatic hydroxyl groups is 1. The summed E-state index contributed by atoms with van der Waals surface area (Å²) < 4.78 is 0. The Morgan fingerprint density at radius 3 is 2.14 bits per heavy atom. The smallest absolute Gasteiger partial charge is 0.0568 e. The molecule has 1 heteroatoms. The fraction of sp³-hybridized carbons (Fsp3) is 0.538. The normalized spacial score (nSPS) is 15.5. The Hall–Kier alpha value is -0.820. The minimum atomic E-state index is -0.190. The van der Waals surface area contributed by atoms with Gasteiger partial charge < -0.3 is 5.11 Å². The van der Waals surface area contributed by atoms with Crippen LogP contribution in [0, 0.1) is 5.92 Å². The van der Waals surface area contributed by atoms with Gasteiger partial charge in [-0.05, 0) is 23.8 Å². The van der Waals surface area contributed by atoms with Gasteiger partial charge in [0, 0.05) is 0 Å². The van der Waals surface area contributed by atoms with E-state index >= 15 is 0 Å². The number of aliphatic hydroxyl groups excluding tert-OH is 1. The van der Waals surface area contributed by atoms with Crippen LogP contribution >= 0.6 is 0 Å². The molecule has 0 spiro atoms. The molecule has 0 aliphatic rings. The standard InChI is InChI=1S/C13H20O/c1-10(2)13(14)9-11(3)12-7-5-4-6-8-12/h4-8,10-11,13-14H,9H2,1-3H3/t11-,13-/m0/s1. The first-order chi connectivity index (χ1) is 6.61. The number of hydrogen-bond donors (Lipinski definition) is 1. The molecule has 0 saturated heterocycles. The average molecular weight is 192 g/mol. The molecule has 14 heavy (non-hydrogen) atoms.